The first-order chi connectivity index (χ1) is 9.08. The number of hydrogen-bond donors (Lipinski definition) is 1. The van der Waals surface area contributed by atoms with Crippen LogP contribution in [0.2, 0.25) is 0 Å². The molecule has 0 radical (unpaired) electrons. The maximum atomic E-state index is 10.2. The average Bonchev–Trinajstić information content (AvgIpc) is 2.40. The molecule has 0 aliphatic heterocycles. The van der Waals surface area contributed by atoms with E-state index in [1.165, 1.54) is 5.06 Å². The zero-order valence-electron chi connectivity index (χ0n) is 11.3. The monoisotopic (exact) mass is 257 g/mol. The van der Waals surface area contributed by atoms with E-state index in [9.17, 15) is 5.21 Å². The lowest BCUT2D eigenvalue weighted by Crippen LogP contribution is -2.46. The van der Waals surface area contributed by atoms with E-state index in [2.05, 4.69) is 0 Å². The summed E-state index contributed by atoms with van der Waals surface area (Å²) in [6, 6.07) is 19.3. The third-order valence-electron chi connectivity index (χ3n) is 2.91. The van der Waals surface area contributed by atoms with Crippen molar-refractivity contribution in [2.45, 2.75) is 26.1 Å². The van der Waals surface area contributed by atoms with Crippen LogP contribution in [-0.4, -0.2) is 16.0 Å². The van der Waals surface area contributed by atoms with E-state index in [1.54, 1.807) is 0 Å². The predicted octanol–water partition coefficient (Wildman–Crippen LogP) is 3.69. The molecule has 2 aromatic rings. The molecule has 19 heavy (non-hydrogen) atoms. The van der Waals surface area contributed by atoms with Crippen LogP contribution in [0.4, 0.5) is 0 Å². The summed E-state index contributed by atoms with van der Waals surface area (Å²) in [7, 11) is 0. The highest BCUT2D eigenvalue weighted by atomic mass is 16.6. The lowest BCUT2D eigenvalue weighted by molar-refractivity contribution is -0.239. The number of ether oxygens (including phenoxy) is 1. The number of rotatable bonds is 5. The van der Waals surface area contributed by atoms with Gasteiger partial charge in [-0.15, -0.1) is 5.06 Å². The van der Waals surface area contributed by atoms with E-state index in [0.717, 1.165) is 11.3 Å². The smallest absolute Gasteiger partial charge is 0.179 e. The standard InChI is InChI=1S/C16H19NO2/c1-16(2,19-15-11-7-4-8-12-15)17(18)13-14-9-5-3-6-10-14/h3-12,18H,13H2,1-2H3. The Bertz CT molecular complexity index is 497. The lowest BCUT2D eigenvalue weighted by atomic mass is 10.2. The first-order valence-electron chi connectivity index (χ1n) is 6.32. The fraction of sp³-hybridized carbons (Fsp3) is 0.250. The van der Waals surface area contributed by atoms with Crippen molar-refractivity contribution in [3.8, 4) is 5.75 Å². The molecule has 2 rings (SSSR count). The number of benzene rings is 2. The first-order valence-corrected chi connectivity index (χ1v) is 6.32. The van der Waals surface area contributed by atoms with Gasteiger partial charge in [-0.25, -0.2) is 0 Å². The second kappa shape index (κ2) is 5.87. The third kappa shape index (κ3) is 3.81. The molecule has 100 valence electrons. The van der Waals surface area contributed by atoms with Crippen LogP contribution in [-0.2, 0) is 6.54 Å². The zero-order valence-corrected chi connectivity index (χ0v) is 11.3. The molecule has 0 saturated carbocycles. The van der Waals surface area contributed by atoms with Gasteiger partial charge in [-0.05, 0) is 31.5 Å². The molecule has 0 heterocycles. The molecule has 0 spiro atoms. The Balaban J connectivity index is 2.02. The topological polar surface area (TPSA) is 32.7 Å². The number of nitrogens with zero attached hydrogens (tertiary/aromatic N) is 1. The summed E-state index contributed by atoms with van der Waals surface area (Å²) in [5.41, 5.74) is 0.242. The summed E-state index contributed by atoms with van der Waals surface area (Å²) in [6.45, 7) is 4.09. The van der Waals surface area contributed by atoms with Gasteiger partial charge in [-0.2, -0.15) is 0 Å². The molecule has 0 saturated heterocycles. The van der Waals surface area contributed by atoms with E-state index in [1.807, 2.05) is 74.5 Å². The fourth-order valence-electron chi connectivity index (χ4n) is 1.78. The van der Waals surface area contributed by atoms with Crippen molar-refractivity contribution in [1.82, 2.24) is 5.06 Å². The molecular formula is C16H19NO2. The molecule has 0 aliphatic rings. The van der Waals surface area contributed by atoms with E-state index in [4.69, 9.17) is 4.74 Å². The van der Waals surface area contributed by atoms with E-state index in [-0.39, 0.29) is 0 Å². The van der Waals surface area contributed by atoms with Crippen LogP contribution in [0.1, 0.15) is 19.4 Å². The number of hydrogen-bond acceptors (Lipinski definition) is 3. The van der Waals surface area contributed by atoms with Gasteiger partial charge in [0.2, 0.25) is 0 Å². The predicted molar refractivity (Wildman–Crippen MR) is 74.9 cm³/mol. The molecule has 1 N–H and O–H groups in total. The Labute approximate surface area is 114 Å². The van der Waals surface area contributed by atoms with Gasteiger partial charge in [-0.3, -0.25) is 0 Å². The summed E-state index contributed by atoms with van der Waals surface area (Å²) in [4.78, 5) is 0. The molecule has 0 aliphatic carbocycles. The molecule has 0 amide bonds. The molecule has 0 aromatic heterocycles. The maximum Gasteiger partial charge on any atom is 0.179 e. The van der Waals surface area contributed by atoms with Gasteiger partial charge in [0.1, 0.15) is 5.75 Å². The van der Waals surface area contributed by atoms with E-state index in [0.29, 0.717) is 6.54 Å². The van der Waals surface area contributed by atoms with Crippen molar-refractivity contribution in [2.75, 3.05) is 0 Å². The van der Waals surface area contributed by atoms with Gasteiger partial charge in [-0.1, -0.05) is 48.5 Å². The summed E-state index contributed by atoms with van der Waals surface area (Å²) >= 11 is 0. The Morgan fingerprint density at radius 3 is 2.05 bits per heavy atom. The normalized spacial score (nSPS) is 11.6. The highest BCUT2D eigenvalue weighted by Crippen LogP contribution is 2.21. The first kappa shape index (κ1) is 13.6. The Morgan fingerprint density at radius 2 is 1.47 bits per heavy atom. The molecule has 0 atom stereocenters. The summed E-state index contributed by atoms with van der Waals surface area (Å²) in [5.74, 6) is 0.736. The van der Waals surface area contributed by atoms with Crippen LogP contribution >= 0.6 is 0 Å². The second-order valence-corrected chi connectivity index (χ2v) is 4.91. The van der Waals surface area contributed by atoms with Crippen LogP contribution in [0.3, 0.4) is 0 Å². The highest BCUT2D eigenvalue weighted by molar-refractivity contribution is 5.21. The van der Waals surface area contributed by atoms with Crippen LogP contribution in [0.5, 0.6) is 5.75 Å². The number of para-hydroxylation sites is 1. The average molecular weight is 257 g/mol. The van der Waals surface area contributed by atoms with Gasteiger partial charge in [0, 0.05) is 0 Å². The molecule has 3 nitrogen and oxygen atoms in total. The Kier molecular flexibility index (Phi) is 4.20. The summed E-state index contributed by atoms with van der Waals surface area (Å²) < 4.78 is 5.81. The van der Waals surface area contributed by atoms with Gasteiger partial charge >= 0.3 is 0 Å². The minimum atomic E-state index is -0.794. The van der Waals surface area contributed by atoms with Crippen molar-refractivity contribution in [3.63, 3.8) is 0 Å². The van der Waals surface area contributed by atoms with Crippen molar-refractivity contribution in [1.29, 1.82) is 0 Å². The maximum absolute atomic E-state index is 10.2. The van der Waals surface area contributed by atoms with Gasteiger partial charge in [0.05, 0.1) is 6.54 Å². The molecule has 2 aromatic carbocycles. The molecule has 3 heteroatoms. The van der Waals surface area contributed by atoms with E-state index >= 15 is 0 Å². The summed E-state index contributed by atoms with van der Waals surface area (Å²) in [6.07, 6.45) is 0. The fourth-order valence-corrected chi connectivity index (χ4v) is 1.78. The largest absolute Gasteiger partial charge is 0.471 e. The number of hydroxylamine groups is 2. The van der Waals surface area contributed by atoms with E-state index < -0.39 is 5.72 Å². The zero-order chi connectivity index (χ0) is 13.7. The second-order valence-electron chi connectivity index (χ2n) is 4.91. The summed E-state index contributed by atoms with van der Waals surface area (Å²) in [5, 5.41) is 11.4. The van der Waals surface area contributed by atoms with Gasteiger partial charge < -0.3 is 9.94 Å². The Hall–Kier alpha value is -1.84. The quantitative estimate of drug-likeness (QED) is 0.655. The van der Waals surface area contributed by atoms with Gasteiger partial charge in [0.25, 0.3) is 0 Å². The van der Waals surface area contributed by atoms with Crippen LogP contribution in [0.25, 0.3) is 0 Å². The molecule has 0 fully saturated rings. The van der Waals surface area contributed by atoms with Crippen LogP contribution in [0, 0.1) is 0 Å². The minimum Gasteiger partial charge on any atom is -0.471 e. The molecule has 0 bridgehead atoms. The highest BCUT2D eigenvalue weighted by Gasteiger charge is 2.27. The molecular weight excluding hydrogens is 238 g/mol. The lowest BCUT2D eigenvalue weighted by Gasteiger charge is -2.33. The minimum absolute atomic E-state index is 0.417. The molecule has 0 unspecified atom stereocenters. The van der Waals surface area contributed by atoms with Crippen LogP contribution in [0.15, 0.2) is 60.7 Å². The van der Waals surface area contributed by atoms with Gasteiger partial charge in [0.15, 0.2) is 5.72 Å². The third-order valence-corrected chi connectivity index (χ3v) is 2.91. The van der Waals surface area contributed by atoms with Crippen molar-refractivity contribution in [3.05, 3.63) is 66.2 Å². The Morgan fingerprint density at radius 1 is 0.947 bits per heavy atom. The van der Waals surface area contributed by atoms with Crippen molar-refractivity contribution < 1.29 is 9.94 Å². The van der Waals surface area contributed by atoms with Crippen LogP contribution < -0.4 is 4.74 Å². The SMILES string of the molecule is CC(C)(Oc1ccccc1)N(O)Cc1ccccc1. The van der Waals surface area contributed by atoms with Crippen molar-refractivity contribution >= 4 is 0 Å². The van der Waals surface area contributed by atoms with Crippen molar-refractivity contribution in [2.24, 2.45) is 0 Å².